The van der Waals surface area contributed by atoms with Crippen molar-refractivity contribution >= 4 is 6.09 Å². The lowest BCUT2D eigenvalue weighted by atomic mass is 9.87. The molecule has 1 fully saturated rings. The molecule has 1 aliphatic heterocycles. The molecule has 0 saturated carbocycles. The Kier molecular flexibility index (Phi) is 5.69. The fourth-order valence-electron chi connectivity index (χ4n) is 3.21. The molecular weight excluding hydrogens is 288 g/mol. The lowest BCUT2D eigenvalue weighted by Gasteiger charge is -2.26. The maximum Gasteiger partial charge on any atom is 0.410 e. The largest absolute Gasteiger partial charge is 0.444 e. The average Bonchev–Trinajstić information content (AvgIpc) is 2.71. The fraction of sp³-hybridized carbons (Fsp3) is 0.632. The molecular formula is C19H30N2O2. The summed E-state index contributed by atoms with van der Waals surface area (Å²) in [5.74, 6) is 0.463. The van der Waals surface area contributed by atoms with Crippen LogP contribution in [-0.4, -0.2) is 29.7 Å². The van der Waals surface area contributed by atoms with Crippen LogP contribution < -0.4 is 5.73 Å². The first-order valence-electron chi connectivity index (χ1n) is 8.60. The van der Waals surface area contributed by atoms with Crippen molar-refractivity contribution in [1.82, 2.24) is 4.90 Å². The number of nitrogens with two attached hydrogens (primary N) is 1. The zero-order valence-corrected chi connectivity index (χ0v) is 14.8. The third-order valence-corrected chi connectivity index (χ3v) is 4.31. The molecule has 0 radical (unpaired) electrons. The van der Waals surface area contributed by atoms with Gasteiger partial charge in [0.2, 0.25) is 0 Å². The quantitative estimate of drug-likeness (QED) is 0.888. The van der Waals surface area contributed by atoms with E-state index in [0.717, 1.165) is 32.4 Å². The summed E-state index contributed by atoms with van der Waals surface area (Å²) in [6, 6.07) is 8.48. The third-order valence-electron chi connectivity index (χ3n) is 4.31. The minimum atomic E-state index is -0.440. The van der Waals surface area contributed by atoms with Gasteiger partial charge < -0.3 is 15.4 Å². The van der Waals surface area contributed by atoms with Gasteiger partial charge in [-0.05, 0) is 64.0 Å². The minimum absolute atomic E-state index is 0.0383. The maximum absolute atomic E-state index is 12.3. The van der Waals surface area contributed by atoms with Gasteiger partial charge in [-0.2, -0.15) is 0 Å². The van der Waals surface area contributed by atoms with Crippen LogP contribution in [0.15, 0.2) is 24.3 Å². The SMILES string of the molecule is C[C@@H](N)c1ccccc1C1CCCN(C(=O)OC(C)(C)C)CC1. The molecule has 4 heteroatoms. The Balaban J connectivity index is 2.06. The van der Waals surface area contributed by atoms with Gasteiger partial charge in [0.25, 0.3) is 0 Å². The number of carbonyl (C=O) groups excluding carboxylic acids is 1. The highest BCUT2D eigenvalue weighted by atomic mass is 16.6. The molecule has 0 aliphatic carbocycles. The van der Waals surface area contributed by atoms with E-state index >= 15 is 0 Å². The standard InChI is InChI=1S/C19H30N2O2/c1-14(20)16-9-5-6-10-17(16)15-8-7-12-21(13-11-15)18(22)23-19(2,3)4/h5-6,9-10,14-15H,7-8,11-13,20H2,1-4H3/t14-,15?/m1/s1. The average molecular weight is 318 g/mol. The van der Waals surface area contributed by atoms with Gasteiger partial charge >= 0.3 is 6.09 Å². The van der Waals surface area contributed by atoms with E-state index in [4.69, 9.17) is 10.5 Å². The number of hydrogen-bond donors (Lipinski definition) is 1. The molecule has 1 amide bonds. The number of carbonyl (C=O) groups is 1. The van der Waals surface area contributed by atoms with Crippen LogP contribution >= 0.6 is 0 Å². The van der Waals surface area contributed by atoms with Gasteiger partial charge in [0.1, 0.15) is 5.60 Å². The first kappa shape index (κ1) is 17.8. The van der Waals surface area contributed by atoms with Gasteiger partial charge in [-0.3, -0.25) is 0 Å². The molecule has 0 aromatic heterocycles. The molecule has 2 atom stereocenters. The molecule has 2 rings (SSSR count). The molecule has 1 aromatic carbocycles. The second-order valence-electron chi connectivity index (χ2n) is 7.51. The second kappa shape index (κ2) is 7.35. The lowest BCUT2D eigenvalue weighted by molar-refractivity contribution is 0.0256. The summed E-state index contributed by atoms with van der Waals surface area (Å²) in [6.07, 6.45) is 2.85. The van der Waals surface area contributed by atoms with Crippen molar-refractivity contribution in [3.05, 3.63) is 35.4 Å². The van der Waals surface area contributed by atoms with E-state index in [9.17, 15) is 4.79 Å². The van der Waals surface area contributed by atoms with Crippen LogP contribution in [0.25, 0.3) is 0 Å². The van der Waals surface area contributed by atoms with Crippen molar-refractivity contribution in [1.29, 1.82) is 0 Å². The van der Waals surface area contributed by atoms with E-state index in [1.54, 1.807) is 0 Å². The molecule has 128 valence electrons. The van der Waals surface area contributed by atoms with E-state index in [2.05, 4.69) is 18.2 Å². The number of nitrogens with zero attached hydrogens (tertiary/aromatic N) is 1. The van der Waals surface area contributed by atoms with Crippen molar-refractivity contribution in [3.8, 4) is 0 Å². The van der Waals surface area contributed by atoms with Crippen molar-refractivity contribution in [2.24, 2.45) is 5.73 Å². The summed E-state index contributed by atoms with van der Waals surface area (Å²) in [4.78, 5) is 14.1. The number of hydrogen-bond acceptors (Lipinski definition) is 3. The van der Waals surface area contributed by atoms with Gasteiger partial charge in [-0.15, -0.1) is 0 Å². The van der Waals surface area contributed by atoms with E-state index < -0.39 is 5.60 Å². The molecule has 1 aromatic rings. The second-order valence-corrected chi connectivity index (χ2v) is 7.51. The van der Waals surface area contributed by atoms with Crippen molar-refractivity contribution in [3.63, 3.8) is 0 Å². The maximum atomic E-state index is 12.3. The predicted octanol–water partition coefficient (Wildman–Crippen LogP) is 4.21. The molecule has 1 aliphatic rings. The van der Waals surface area contributed by atoms with Crippen LogP contribution in [0, 0.1) is 0 Å². The summed E-state index contributed by atoms with van der Waals surface area (Å²) in [5, 5.41) is 0. The van der Waals surface area contributed by atoms with Crippen LogP contribution in [-0.2, 0) is 4.74 Å². The van der Waals surface area contributed by atoms with Crippen LogP contribution in [0.3, 0.4) is 0 Å². The van der Waals surface area contributed by atoms with E-state index in [1.165, 1.54) is 11.1 Å². The Labute approximate surface area is 140 Å². The normalized spacial score (nSPS) is 20.7. The first-order chi connectivity index (χ1) is 10.8. The number of likely N-dealkylation sites (tertiary alicyclic amines) is 1. The van der Waals surface area contributed by atoms with E-state index in [-0.39, 0.29) is 12.1 Å². The summed E-state index contributed by atoms with van der Waals surface area (Å²) in [5.41, 5.74) is 8.25. The summed E-state index contributed by atoms with van der Waals surface area (Å²) >= 11 is 0. The van der Waals surface area contributed by atoms with Gasteiger partial charge in [0.05, 0.1) is 0 Å². The Bertz CT molecular complexity index is 534. The first-order valence-corrected chi connectivity index (χ1v) is 8.60. The Morgan fingerprint density at radius 1 is 1.26 bits per heavy atom. The summed E-state index contributed by atoms with van der Waals surface area (Å²) < 4.78 is 5.50. The number of ether oxygens (including phenoxy) is 1. The molecule has 23 heavy (non-hydrogen) atoms. The molecule has 0 bridgehead atoms. The molecule has 4 nitrogen and oxygen atoms in total. The molecule has 1 unspecified atom stereocenters. The van der Waals surface area contributed by atoms with Crippen molar-refractivity contribution in [2.45, 2.75) is 64.5 Å². The fourth-order valence-corrected chi connectivity index (χ4v) is 3.21. The number of amides is 1. The number of rotatable bonds is 2. The Morgan fingerprint density at radius 2 is 1.96 bits per heavy atom. The number of benzene rings is 1. The van der Waals surface area contributed by atoms with E-state index in [0.29, 0.717) is 5.92 Å². The molecule has 1 heterocycles. The predicted molar refractivity (Wildman–Crippen MR) is 93.4 cm³/mol. The van der Waals surface area contributed by atoms with Crippen LogP contribution in [0.2, 0.25) is 0 Å². The summed E-state index contributed by atoms with van der Waals surface area (Å²) in [7, 11) is 0. The summed E-state index contributed by atoms with van der Waals surface area (Å²) in [6.45, 7) is 9.26. The van der Waals surface area contributed by atoms with Gasteiger partial charge in [-0.25, -0.2) is 4.79 Å². The van der Waals surface area contributed by atoms with Crippen LogP contribution in [0.4, 0.5) is 4.79 Å². The zero-order valence-electron chi connectivity index (χ0n) is 14.8. The topological polar surface area (TPSA) is 55.6 Å². The van der Waals surface area contributed by atoms with Gasteiger partial charge in [-0.1, -0.05) is 24.3 Å². The molecule has 0 spiro atoms. The van der Waals surface area contributed by atoms with Crippen LogP contribution in [0.5, 0.6) is 0 Å². The smallest absolute Gasteiger partial charge is 0.410 e. The highest BCUT2D eigenvalue weighted by Gasteiger charge is 2.26. The lowest BCUT2D eigenvalue weighted by Crippen LogP contribution is -2.37. The Morgan fingerprint density at radius 3 is 2.61 bits per heavy atom. The van der Waals surface area contributed by atoms with Crippen molar-refractivity contribution in [2.75, 3.05) is 13.1 Å². The van der Waals surface area contributed by atoms with Crippen LogP contribution in [0.1, 0.15) is 70.0 Å². The highest BCUT2D eigenvalue weighted by molar-refractivity contribution is 5.68. The van der Waals surface area contributed by atoms with E-state index in [1.807, 2.05) is 38.7 Å². The molecule has 2 N–H and O–H groups in total. The zero-order chi connectivity index (χ0) is 17.0. The van der Waals surface area contributed by atoms with Gasteiger partial charge in [0, 0.05) is 19.1 Å². The van der Waals surface area contributed by atoms with Crippen molar-refractivity contribution < 1.29 is 9.53 Å². The third kappa shape index (κ3) is 4.96. The monoisotopic (exact) mass is 318 g/mol. The van der Waals surface area contributed by atoms with Gasteiger partial charge in [0.15, 0.2) is 0 Å². The molecule has 1 saturated heterocycles. The Hall–Kier alpha value is -1.55. The highest BCUT2D eigenvalue weighted by Crippen LogP contribution is 2.32. The minimum Gasteiger partial charge on any atom is -0.444 e.